The van der Waals surface area contributed by atoms with Crippen LogP contribution in [0.15, 0.2) is 0 Å². The second-order valence-electron chi connectivity index (χ2n) is 7.86. The van der Waals surface area contributed by atoms with Crippen molar-refractivity contribution in [1.29, 1.82) is 0 Å². The Bertz CT molecular complexity index is 271. The van der Waals surface area contributed by atoms with Gasteiger partial charge in [0.2, 0.25) is 0 Å². The van der Waals surface area contributed by atoms with Crippen molar-refractivity contribution in [2.45, 2.75) is 59.5 Å². The monoisotopic (exact) mass is 253 g/mol. The Morgan fingerprint density at radius 3 is 2.50 bits per heavy atom. The Balaban J connectivity index is 1.84. The van der Waals surface area contributed by atoms with Gasteiger partial charge in [-0.05, 0) is 55.4 Å². The minimum Gasteiger partial charge on any atom is -0.393 e. The maximum atomic E-state index is 10.1. The van der Waals surface area contributed by atoms with Crippen LogP contribution in [0, 0.1) is 23.2 Å². The molecular formula is C16H31NO. The zero-order valence-electron chi connectivity index (χ0n) is 12.7. The highest BCUT2D eigenvalue weighted by Gasteiger charge is 2.34. The fraction of sp³-hybridized carbons (Fsp3) is 1.00. The summed E-state index contributed by atoms with van der Waals surface area (Å²) in [4.78, 5) is 2.60. The van der Waals surface area contributed by atoms with Crippen LogP contribution in [0.5, 0.6) is 0 Å². The molecule has 4 unspecified atom stereocenters. The molecule has 0 amide bonds. The summed E-state index contributed by atoms with van der Waals surface area (Å²) in [7, 11) is 0. The predicted octanol–water partition coefficient (Wildman–Crippen LogP) is 3.15. The molecule has 2 aliphatic rings. The first-order chi connectivity index (χ1) is 8.36. The molecule has 0 spiro atoms. The van der Waals surface area contributed by atoms with Crippen molar-refractivity contribution in [2.75, 3.05) is 19.6 Å². The number of aliphatic hydroxyl groups is 1. The maximum Gasteiger partial charge on any atom is 0.0580 e. The molecule has 0 bridgehead atoms. The molecule has 0 aromatic heterocycles. The van der Waals surface area contributed by atoms with E-state index in [9.17, 15) is 5.11 Å². The van der Waals surface area contributed by atoms with Gasteiger partial charge in [0, 0.05) is 13.1 Å². The molecule has 0 aromatic carbocycles. The third-order valence-corrected chi connectivity index (χ3v) is 5.19. The third kappa shape index (κ3) is 3.48. The summed E-state index contributed by atoms with van der Waals surface area (Å²) < 4.78 is 0. The molecule has 1 aliphatic carbocycles. The van der Waals surface area contributed by atoms with E-state index in [-0.39, 0.29) is 6.10 Å². The van der Waals surface area contributed by atoms with Crippen molar-refractivity contribution < 1.29 is 5.11 Å². The molecule has 2 heteroatoms. The van der Waals surface area contributed by atoms with Crippen LogP contribution < -0.4 is 0 Å². The van der Waals surface area contributed by atoms with Crippen molar-refractivity contribution >= 4 is 0 Å². The fourth-order valence-corrected chi connectivity index (χ4v) is 3.72. The molecule has 106 valence electrons. The topological polar surface area (TPSA) is 23.5 Å². The maximum absolute atomic E-state index is 10.1. The first-order valence-electron chi connectivity index (χ1n) is 7.76. The summed E-state index contributed by atoms with van der Waals surface area (Å²) in [5.41, 5.74) is 0.438. The Morgan fingerprint density at radius 2 is 1.89 bits per heavy atom. The van der Waals surface area contributed by atoms with Crippen LogP contribution in [0.1, 0.15) is 53.4 Å². The van der Waals surface area contributed by atoms with Crippen LogP contribution in [-0.4, -0.2) is 35.7 Å². The van der Waals surface area contributed by atoms with Crippen LogP contribution in [0.3, 0.4) is 0 Å². The van der Waals surface area contributed by atoms with Crippen molar-refractivity contribution in [1.82, 2.24) is 4.90 Å². The van der Waals surface area contributed by atoms with E-state index in [0.29, 0.717) is 11.3 Å². The Kier molecular flexibility index (Phi) is 4.38. The van der Waals surface area contributed by atoms with Crippen LogP contribution in [0.4, 0.5) is 0 Å². The van der Waals surface area contributed by atoms with E-state index in [4.69, 9.17) is 0 Å². The van der Waals surface area contributed by atoms with Crippen molar-refractivity contribution in [2.24, 2.45) is 23.2 Å². The summed E-state index contributed by atoms with van der Waals surface area (Å²) in [5.74, 6) is 2.16. The molecule has 1 saturated carbocycles. The van der Waals surface area contributed by atoms with Crippen LogP contribution >= 0.6 is 0 Å². The van der Waals surface area contributed by atoms with Crippen molar-refractivity contribution in [3.8, 4) is 0 Å². The average molecular weight is 253 g/mol. The number of hydrogen-bond donors (Lipinski definition) is 1. The smallest absolute Gasteiger partial charge is 0.0580 e. The Morgan fingerprint density at radius 1 is 1.17 bits per heavy atom. The first-order valence-corrected chi connectivity index (χ1v) is 7.76. The Labute approximate surface area is 113 Å². The number of likely N-dealkylation sites (tertiary alicyclic amines) is 1. The molecule has 1 aliphatic heterocycles. The van der Waals surface area contributed by atoms with E-state index in [1.54, 1.807) is 0 Å². The largest absolute Gasteiger partial charge is 0.393 e. The van der Waals surface area contributed by atoms with Gasteiger partial charge in [-0.1, -0.05) is 27.7 Å². The quantitative estimate of drug-likeness (QED) is 0.817. The van der Waals surface area contributed by atoms with Gasteiger partial charge in [-0.3, -0.25) is 0 Å². The highest BCUT2D eigenvalue weighted by molar-refractivity contribution is 4.87. The molecule has 1 N–H and O–H groups in total. The predicted molar refractivity (Wildman–Crippen MR) is 76.5 cm³/mol. The fourth-order valence-electron chi connectivity index (χ4n) is 3.72. The summed E-state index contributed by atoms with van der Waals surface area (Å²) in [6.07, 6.45) is 4.74. The molecule has 18 heavy (non-hydrogen) atoms. The highest BCUT2D eigenvalue weighted by atomic mass is 16.3. The molecule has 2 nitrogen and oxygen atoms in total. The van der Waals surface area contributed by atoms with Gasteiger partial charge in [-0.2, -0.15) is 0 Å². The minimum absolute atomic E-state index is 0.0464. The average Bonchev–Trinajstić information content (AvgIpc) is 2.71. The molecule has 0 aromatic rings. The van der Waals surface area contributed by atoms with Gasteiger partial charge in [0.05, 0.1) is 6.10 Å². The second-order valence-corrected chi connectivity index (χ2v) is 7.86. The molecule has 1 heterocycles. The van der Waals surface area contributed by atoms with E-state index in [0.717, 1.165) is 24.8 Å². The molecule has 0 radical (unpaired) electrons. The lowest BCUT2D eigenvalue weighted by molar-refractivity contribution is 0.0331. The van der Waals surface area contributed by atoms with Gasteiger partial charge in [0.1, 0.15) is 0 Å². The SMILES string of the molecule is CC1CCC(O)C(CN2CCC(C(C)(C)C)C2)C1. The summed E-state index contributed by atoms with van der Waals surface area (Å²) in [5, 5.41) is 10.1. The highest BCUT2D eigenvalue weighted by Crippen LogP contribution is 2.35. The van der Waals surface area contributed by atoms with E-state index in [1.165, 1.54) is 32.4 Å². The van der Waals surface area contributed by atoms with Gasteiger partial charge in [0.15, 0.2) is 0 Å². The lowest BCUT2D eigenvalue weighted by Gasteiger charge is -2.34. The van der Waals surface area contributed by atoms with Crippen LogP contribution in [0.2, 0.25) is 0 Å². The molecule has 2 rings (SSSR count). The van der Waals surface area contributed by atoms with E-state index >= 15 is 0 Å². The van der Waals surface area contributed by atoms with Gasteiger partial charge in [-0.15, -0.1) is 0 Å². The van der Waals surface area contributed by atoms with Crippen molar-refractivity contribution in [3.63, 3.8) is 0 Å². The number of aliphatic hydroxyl groups excluding tert-OH is 1. The normalized spacial score (nSPS) is 39.2. The summed E-state index contributed by atoms with van der Waals surface area (Å²) >= 11 is 0. The number of rotatable bonds is 2. The lowest BCUT2D eigenvalue weighted by Crippen LogP contribution is -2.38. The van der Waals surface area contributed by atoms with Gasteiger partial charge >= 0.3 is 0 Å². The third-order valence-electron chi connectivity index (χ3n) is 5.19. The van der Waals surface area contributed by atoms with E-state index in [1.807, 2.05) is 0 Å². The zero-order valence-corrected chi connectivity index (χ0v) is 12.7. The van der Waals surface area contributed by atoms with Gasteiger partial charge in [0.25, 0.3) is 0 Å². The summed E-state index contributed by atoms with van der Waals surface area (Å²) in [6.45, 7) is 13.0. The van der Waals surface area contributed by atoms with Gasteiger partial charge in [-0.25, -0.2) is 0 Å². The molecule has 4 atom stereocenters. The minimum atomic E-state index is -0.0464. The molecule has 2 fully saturated rings. The van der Waals surface area contributed by atoms with Crippen LogP contribution in [0.25, 0.3) is 0 Å². The second kappa shape index (κ2) is 5.50. The van der Waals surface area contributed by atoms with E-state index in [2.05, 4.69) is 32.6 Å². The molecule has 1 saturated heterocycles. The summed E-state index contributed by atoms with van der Waals surface area (Å²) in [6, 6.07) is 0. The lowest BCUT2D eigenvalue weighted by atomic mass is 9.79. The number of hydrogen-bond acceptors (Lipinski definition) is 2. The standard InChI is InChI=1S/C16H31NO/c1-12-5-6-15(18)13(9-12)10-17-8-7-14(11-17)16(2,3)4/h12-15,18H,5-11H2,1-4H3. The number of nitrogens with zero attached hydrogens (tertiary/aromatic N) is 1. The molecular weight excluding hydrogens is 222 g/mol. The Hall–Kier alpha value is -0.0800. The van der Waals surface area contributed by atoms with Crippen LogP contribution in [-0.2, 0) is 0 Å². The van der Waals surface area contributed by atoms with Gasteiger partial charge < -0.3 is 10.0 Å². The van der Waals surface area contributed by atoms with E-state index < -0.39 is 0 Å². The van der Waals surface area contributed by atoms with Crippen molar-refractivity contribution in [3.05, 3.63) is 0 Å². The first kappa shape index (κ1) is 14.3. The zero-order chi connectivity index (χ0) is 13.3.